The summed E-state index contributed by atoms with van der Waals surface area (Å²) < 4.78 is 1.17. The van der Waals surface area contributed by atoms with Crippen molar-refractivity contribution in [3.8, 4) is 11.3 Å². The molecule has 0 radical (unpaired) electrons. The maximum Gasteiger partial charge on any atom is 0.267 e. The van der Waals surface area contributed by atoms with Crippen molar-refractivity contribution < 1.29 is 4.79 Å². The van der Waals surface area contributed by atoms with Crippen LogP contribution in [0.2, 0.25) is 0 Å². The number of hydrogen-bond donors (Lipinski definition) is 1. The Morgan fingerprint density at radius 1 is 1.17 bits per heavy atom. The first-order valence-corrected chi connectivity index (χ1v) is 8.12. The van der Waals surface area contributed by atoms with Gasteiger partial charge in [0, 0.05) is 11.6 Å². The van der Waals surface area contributed by atoms with Gasteiger partial charge in [0.2, 0.25) is 5.13 Å². The largest absolute Gasteiger partial charge is 0.299 e. The zero-order valence-corrected chi connectivity index (χ0v) is 13.9. The number of nitrogens with one attached hydrogen (secondary N) is 1. The minimum atomic E-state index is -0.773. The van der Waals surface area contributed by atoms with Gasteiger partial charge in [-0.2, -0.15) is 5.10 Å². The summed E-state index contributed by atoms with van der Waals surface area (Å²) in [6.45, 7) is 3.42. The summed E-state index contributed by atoms with van der Waals surface area (Å²) in [5, 5.41) is 15.8. The summed E-state index contributed by atoms with van der Waals surface area (Å²) in [6, 6.07) is 11.8. The van der Waals surface area contributed by atoms with Crippen molar-refractivity contribution >= 4 is 22.4 Å². The summed E-state index contributed by atoms with van der Waals surface area (Å²) in [4.78, 5) is 24.5. The molecule has 0 aliphatic rings. The van der Waals surface area contributed by atoms with Crippen molar-refractivity contribution in [1.29, 1.82) is 0 Å². The Labute approximate surface area is 142 Å². The van der Waals surface area contributed by atoms with Crippen LogP contribution in [0.3, 0.4) is 0 Å². The van der Waals surface area contributed by atoms with Gasteiger partial charge >= 0.3 is 0 Å². The molecule has 122 valence electrons. The van der Waals surface area contributed by atoms with Crippen molar-refractivity contribution in [2.45, 2.75) is 19.9 Å². The van der Waals surface area contributed by atoms with Crippen LogP contribution in [-0.2, 0) is 4.79 Å². The summed E-state index contributed by atoms with van der Waals surface area (Å²) >= 11 is 1.27. The Morgan fingerprint density at radius 2 is 1.92 bits per heavy atom. The number of aromatic nitrogens is 4. The van der Waals surface area contributed by atoms with Crippen molar-refractivity contribution in [1.82, 2.24) is 20.0 Å². The van der Waals surface area contributed by atoms with E-state index in [9.17, 15) is 9.59 Å². The molecule has 1 unspecified atom stereocenters. The van der Waals surface area contributed by atoms with E-state index in [-0.39, 0.29) is 11.5 Å². The van der Waals surface area contributed by atoms with Gasteiger partial charge in [0.05, 0.1) is 5.69 Å². The van der Waals surface area contributed by atoms with Gasteiger partial charge in [-0.1, -0.05) is 41.7 Å². The second-order valence-electron chi connectivity index (χ2n) is 5.16. The second-order valence-corrected chi connectivity index (χ2v) is 6.34. The van der Waals surface area contributed by atoms with Gasteiger partial charge in [0.15, 0.2) is 0 Å². The van der Waals surface area contributed by atoms with E-state index in [1.807, 2.05) is 30.3 Å². The number of rotatable bonds is 4. The van der Waals surface area contributed by atoms with Crippen molar-refractivity contribution in [2.24, 2.45) is 0 Å². The lowest BCUT2D eigenvalue weighted by Crippen LogP contribution is -2.33. The first-order valence-electron chi connectivity index (χ1n) is 7.31. The lowest BCUT2D eigenvalue weighted by atomic mass is 10.1. The van der Waals surface area contributed by atoms with Crippen LogP contribution >= 0.6 is 11.3 Å². The minimum absolute atomic E-state index is 0.342. The standard InChI is InChI=1S/C16H15N5O2S/c1-10(15(23)17-16-19-18-11(2)24-16)21-14(22)9-8-13(20-21)12-6-4-3-5-7-12/h3-10H,1-2H3,(H,17,19,23). The van der Waals surface area contributed by atoms with E-state index in [1.165, 1.54) is 22.1 Å². The SMILES string of the molecule is Cc1nnc(NC(=O)C(C)n2nc(-c3ccccc3)ccc2=O)s1. The van der Waals surface area contributed by atoms with E-state index >= 15 is 0 Å². The second kappa shape index (κ2) is 6.71. The molecular formula is C16H15N5O2S. The van der Waals surface area contributed by atoms with Crippen molar-refractivity contribution in [3.63, 3.8) is 0 Å². The molecule has 24 heavy (non-hydrogen) atoms. The van der Waals surface area contributed by atoms with Gasteiger partial charge in [0.25, 0.3) is 11.5 Å². The first-order chi connectivity index (χ1) is 11.5. The molecule has 3 rings (SSSR count). The van der Waals surface area contributed by atoms with Crippen LogP contribution in [0.1, 0.15) is 18.0 Å². The molecule has 2 heterocycles. The van der Waals surface area contributed by atoms with E-state index in [0.717, 1.165) is 10.6 Å². The molecule has 1 atom stereocenters. The number of carbonyl (C=O) groups is 1. The van der Waals surface area contributed by atoms with Gasteiger partial charge in [-0.15, -0.1) is 10.2 Å². The zero-order chi connectivity index (χ0) is 17.1. The highest BCUT2D eigenvalue weighted by Gasteiger charge is 2.19. The molecule has 0 bridgehead atoms. The van der Waals surface area contributed by atoms with Crippen LogP contribution < -0.4 is 10.9 Å². The summed E-state index contributed by atoms with van der Waals surface area (Å²) in [7, 11) is 0. The van der Waals surface area contributed by atoms with Crippen LogP contribution in [0, 0.1) is 6.92 Å². The predicted molar refractivity (Wildman–Crippen MR) is 91.9 cm³/mol. The normalized spacial score (nSPS) is 11.9. The molecular weight excluding hydrogens is 326 g/mol. The average molecular weight is 341 g/mol. The number of aryl methyl sites for hydroxylation is 1. The van der Waals surface area contributed by atoms with Crippen molar-refractivity contribution in [3.05, 3.63) is 57.8 Å². The Hall–Kier alpha value is -2.87. The molecule has 8 heteroatoms. The number of benzene rings is 1. The lowest BCUT2D eigenvalue weighted by molar-refractivity contribution is -0.119. The fourth-order valence-electron chi connectivity index (χ4n) is 2.13. The summed E-state index contributed by atoms with van der Waals surface area (Å²) in [5.41, 5.74) is 1.16. The third-order valence-electron chi connectivity index (χ3n) is 3.40. The Kier molecular flexibility index (Phi) is 4.48. The molecule has 2 aromatic heterocycles. The predicted octanol–water partition coefficient (Wildman–Crippen LogP) is 2.27. The minimum Gasteiger partial charge on any atom is -0.299 e. The van der Waals surface area contributed by atoms with Crippen LogP contribution in [-0.4, -0.2) is 25.9 Å². The van der Waals surface area contributed by atoms with Gasteiger partial charge in [-0.25, -0.2) is 4.68 Å². The van der Waals surface area contributed by atoms with Crippen LogP contribution in [0.4, 0.5) is 5.13 Å². The third-order valence-corrected chi connectivity index (χ3v) is 4.15. The summed E-state index contributed by atoms with van der Waals surface area (Å²) in [5.74, 6) is -0.369. The molecule has 1 amide bonds. The monoisotopic (exact) mass is 341 g/mol. The van der Waals surface area contributed by atoms with E-state index < -0.39 is 6.04 Å². The number of nitrogens with zero attached hydrogens (tertiary/aromatic N) is 4. The molecule has 0 saturated heterocycles. The van der Waals surface area contributed by atoms with Crippen molar-refractivity contribution in [2.75, 3.05) is 5.32 Å². The maximum absolute atomic E-state index is 12.4. The van der Waals surface area contributed by atoms with E-state index in [2.05, 4.69) is 20.6 Å². The smallest absolute Gasteiger partial charge is 0.267 e. The number of amides is 1. The van der Waals surface area contributed by atoms with E-state index in [0.29, 0.717) is 10.8 Å². The molecule has 7 nitrogen and oxygen atoms in total. The summed E-state index contributed by atoms with van der Waals surface area (Å²) in [6.07, 6.45) is 0. The molecule has 1 N–H and O–H groups in total. The number of anilines is 1. The third kappa shape index (κ3) is 3.38. The zero-order valence-electron chi connectivity index (χ0n) is 13.1. The fourth-order valence-corrected chi connectivity index (χ4v) is 2.73. The Bertz CT molecular complexity index is 919. The van der Waals surface area contributed by atoms with Gasteiger partial charge in [0.1, 0.15) is 11.0 Å². The number of carbonyl (C=O) groups excluding carboxylic acids is 1. The molecule has 0 aliphatic carbocycles. The molecule has 0 fully saturated rings. The van der Waals surface area contributed by atoms with E-state index in [4.69, 9.17) is 0 Å². The van der Waals surface area contributed by atoms with Crippen LogP contribution in [0.5, 0.6) is 0 Å². The quantitative estimate of drug-likeness (QED) is 0.786. The first kappa shape index (κ1) is 16.0. The van der Waals surface area contributed by atoms with Gasteiger partial charge < -0.3 is 0 Å². The Balaban J connectivity index is 1.87. The molecule has 3 aromatic rings. The molecule has 1 aromatic carbocycles. The molecule has 0 aliphatic heterocycles. The van der Waals surface area contributed by atoms with Gasteiger partial charge in [-0.3, -0.25) is 14.9 Å². The molecule has 0 spiro atoms. The molecule has 0 saturated carbocycles. The average Bonchev–Trinajstić information content (AvgIpc) is 3.00. The number of hydrogen-bond acceptors (Lipinski definition) is 6. The highest BCUT2D eigenvalue weighted by Crippen LogP contribution is 2.17. The van der Waals surface area contributed by atoms with Crippen LogP contribution in [0.25, 0.3) is 11.3 Å². The highest BCUT2D eigenvalue weighted by molar-refractivity contribution is 7.15. The maximum atomic E-state index is 12.4. The topological polar surface area (TPSA) is 89.8 Å². The lowest BCUT2D eigenvalue weighted by Gasteiger charge is -2.13. The fraction of sp³-hybridized carbons (Fsp3) is 0.188. The highest BCUT2D eigenvalue weighted by atomic mass is 32.1. The van der Waals surface area contributed by atoms with Crippen LogP contribution in [0.15, 0.2) is 47.3 Å². The van der Waals surface area contributed by atoms with E-state index in [1.54, 1.807) is 19.9 Å². The van der Waals surface area contributed by atoms with Gasteiger partial charge in [-0.05, 0) is 19.9 Å². The Morgan fingerprint density at radius 3 is 2.58 bits per heavy atom.